The van der Waals surface area contributed by atoms with Crippen LogP contribution in [0.3, 0.4) is 0 Å². The standard InChI is InChI=1S/C20H25N3/c1-6-14(2)15-7-12-19-18(13-15)21-22-23(19)17-10-8-16(9-11-17)20(3,4)5/h7-14H,6H2,1-5H3. The van der Waals surface area contributed by atoms with Gasteiger partial charge in [0.1, 0.15) is 5.52 Å². The van der Waals surface area contributed by atoms with Crippen LogP contribution >= 0.6 is 0 Å². The molecule has 0 saturated heterocycles. The minimum absolute atomic E-state index is 0.161. The summed E-state index contributed by atoms with van der Waals surface area (Å²) in [6.07, 6.45) is 1.13. The number of fused-ring (bicyclic) bond motifs is 1. The number of rotatable bonds is 3. The maximum atomic E-state index is 4.36. The van der Waals surface area contributed by atoms with Crippen LogP contribution in [0, 0.1) is 0 Å². The third-order valence-corrected chi connectivity index (χ3v) is 4.63. The number of nitrogens with zero attached hydrogens (tertiary/aromatic N) is 3. The van der Waals surface area contributed by atoms with E-state index in [1.54, 1.807) is 0 Å². The van der Waals surface area contributed by atoms with Gasteiger partial charge in [0.05, 0.1) is 11.2 Å². The number of hydrogen-bond acceptors (Lipinski definition) is 2. The van der Waals surface area contributed by atoms with E-state index in [4.69, 9.17) is 0 Å². The highest BCUT2D eigenvalue weighted by Gasteiger charge is 2.14. The van der Waals surface area contributed by atoms with E-state index >= 15 is 0 Å². The SMILES string of the molecule is CCC(C)c1ccc2c(c1)nnn2-c1ccc(C(C)(C)C)cc1. The molecule has 0 aliphatic heterocycles. The minimum Gasteiger partial charge on any atom is -0.213 e. The summed E-state index contributed by atoms with van der Waals surface area (Å²) in [6.45, 7) is 11.1. The van der Waals surface area contributed by atoms with E-state index in [-0.39, 0.29) is 5.41 Å². The lowest BCUT2D eigenvalue weighted by atomic mass is 9.87. The fourth-order valence-electron chi connectivity index (χ4n) is 2.78. The second kappa shape index (κ2) is 5.80. The number of benzene rings is 2. The van der Waals surface area contributed by atoms with Crippen LogP contribution in [-0.4, -0.2) is 15.0 Å². The quantitative estimate of drug-likeness (QED) is 0.663. The highest BCUT2D eigenvalue weighted by Crippen LogP contribution is 2.26. The van der Waals surface area contributed by atoms with Gasteiger partial charge in [-0.15, -0.1) is 5.10 Å². The molecule has 1 heterocycles. The van der Waals surface area contributed by atoms with Crippen LogP contribution in [0.25, 0.3) is 16.7 Å². The van der Waals surface area contributed by atoms with E-state index < -0.39 is 0 Å². The van der Waals surface area contributed by atoms with Gasteiger partial charge >= 0.3 is 0 Å². The van der Waals surface area contributed by atoms with Crippen molar-refractivity contribution in [3.05, 3.63) is 53.6 Å². The molecule has 0 spiro atoms. The first-order valence-corrected chi connectivity index (χ1v) is 8.36. The lowest BCUT2D eigenvalue weighted by molar-refractivity contribution is 0.590. The highest BCUT2D eigenvalue weighted by molar-refractivity contribution is 5.77. The summed E-state index contributed by atoms with van der Waals surface area (Å²) in [6, 6.07) is 15.1. The molecule has 0 aliphatic rings. The summed E-state index contributed by atoms with van der Waals surface area (Å²) in [4.78, 5) is 0. The molecule has 120 valence electrons. The Balaban J connectivity index is 2.00. The molecule has 3 aromatic rings. The fraction of sp³-hybridized carbons (Fsp3) is 0.400. The van der Waals surface area contributed by atoms with Gasteiger partial charge in [-0.05, 0) is 53.1 Å². The molecule has 0 radical (unpaired) electrons. The summed E-state index contributed by atoms with van der Waals surface area (Å²) in [5.74, 6) is 0.551. The zero-order valence-corrected chi connectivity index (χ0v) is 14.7. The Bertz CT molecular complexity index is 807. The van der Waals surface area contributed by atoms with Crippen molar-refractivity contribution in [1.82, 2.24) is 15.0 Å². The smallest absolute Gasteiger partial charge is 0.113 e. The van der Waals surface area contributed by atoms with Gasteiger partial charge in [-0.25, -0.2) is 4.68 Å². The van der Waals surface area contributed by atoms with Crippen molar-refractivity contribution in [3.8, 4) is 5.69 Å². The van der Waals surface area contributed by atoms with Crippen molar-refractivity contribution in [1.29, 1.82) is 0 Å². The first kappa shape index (κ1) is 15.7. The van der Waals surface area contributed by atoms with E-state index in [9.17, 15) is 0 Å². The summed E-state index contributed by atoms with van der Waals surface area (Å²) in [5.41, 5.74) is 5.88. The first-order chi connectivity index (χ1) is 10.9. The molecule has 0 saturated carbocycles. The molecule has 0 fully saturated rings. The molecule has 0 amide bonds. The Hall–Kier alpha value is -2.16. The molecular formula is C20H25N3. The van der Waals surface area contributed by atoms with Crippen LogP contribution in [0.15, 0.2) is 42.5 Å². The van der Waals surface area contributed by atoms with Crippen LogP contribution in [0.4, 0.5) is 0 Å². The van der Waals surface area contributed by atoms with E-state index in [1.807, 2.05) is 4.68 Å². The van der Waals surface area contributed by atoms with Gasteiger partial charge in [0, 0.05) is 0 Å². The van der Waals surface area contributed by atoms with Crippen molar-refractivity contribution in [3.63, 3.8) is 0 Å². The summed E-state index contributed by atoms with van der Waals surface area (Å²) >= 11 is 0. The van der Waals surface area contributed by atoms with E-state index in [1.165, 1.54) is 11.1 Å². The normalized spacial score (nSPS) is 13.4. The van der Waals surface area contributed by atoms with Gasteiger partial charge in [-0.2, -0.15) is 0 Å². The molecule has 1 aromatic heterocycles. The predicted octanol–water partition coefficient (Wildman–Crippen LogP) is 5.23. The van der Waals surface area contributed by atoms with Crippen molar-refractivity contribution in [2.24, 2.45) is 0 Å². The van der Waals surface area contributed by atoms with Crippen LogP contribution in [-0.2, 0) is 5.41 Å². The fourth-order valence-corrected chi connectivity index (χ4v) is 2.78. The van der Waals surface area contributed by atoms with Gasteiger partial charge in [0.15, 0.2) is 0 Å². The third kappa shape index (κ3) is 3.00. The molecule has 1 atom stereocenters. The summed E-state index contributed by atoms with van der Waals surface area (Å²) in [7, 11) is 0. The van der Waals surface area contributed by atoms with Crippen LogP contribution in [0.2, 0.25) is 0 Å². The minimum atomic E-state index is 0.161. The Morgan fingerprint density at radius 1 is 1.04 bits per heavy atom. The largest absolute Gasteiger partial charge is 0.213 e. The third-order valence-electron chi connectivity index (χ3n) is 4.63. The van der Waals surface area contributed by atoms with Crippen molar-refractivity contribution in [2.75, 3.05) is 0 Å². The second-order valence-electron chi connectivity index (χ2n) is 7.36. The molecule has 0 bridgehead atoms. The Kier molecular flexibility index (Phi) is 3.97. The van der Waals surface area contributed by atoms with E-state index in [2.05, 4.69) is 87.4 Å². The molecule has 3 rings (SSSR count). The van der Waals surface area contributed by atoms with Gasteiger partial charge < -0.3 is 0 Å². The number of aromatic nitrogens is 3. The van der Waals surface area contributed by atoms with E-state index in [0.717, 1.165) is 23.1 Å². The van der Waals surface area contributed by atoms with Crippen molar-refractivity contribution >= 4 is 11.0 Å². The zero-order valence-electron chi connectivity index (χ0n) is 14.7. The molecule has 23 heavy (non-hydrogen) atoms. The summed E-state index contributed by atoms with van der Waals surface area (Å²) < 4.78 is 1.92. The van der Waals surface area contributed by atoms with Gasteiger partial charge in [-0.3, -0.25) is 0 Å². The molecule has 1 unspecified atom stereocenters. The molecule has 0 N–H and O–H groups in total. The average molecular weight is 307 g/mol. The molecule has 3 heteroatoms. The van der Waals surface area contributed by atoms with Crippen molar-refractivity contribution in [2.45, 2.75) is 52.4 Å². The molecule has 2 aromatic carbocycles. The second-order valence-corrected chi connectivity index (χ2v) is 7.36. The monoisotopic (exact) mass is 307 g/mol. The Morgan fingerprint density at radius 2 is 1.74 bits per heavy atom. The topological polar surface area (TPSA) is 30.7 Å². The maximum absolute atomic E-state index is 4.36. The first-order valence-electron chi connectivity index (χ1n) is 8.36. The van der Waals surface area contributed by atoms with Crippen LogP contribution < -0.4 is 0 Å². The van der Waals surface area contributed by atoms with Crippen LogP contribution in [0.5, 0.6) is 0 Å². The lowest BCUT2D eigenvalue weighted by Crippen LogP contribution is -2.11. The van der Waals surface area contributed by atoms with Crippen molar-refractivity contribution < 1.29 is 0 Å². The predicted molar refractivity (Wildman–Crippen MR) is 96.3 cm³/mol. The van der Waals surface area contributed by atoms with Gasteiger partial charge in [-0.1, -0.05) is 58.0 Å². The molecule has 0 aliphatic carbocycles. The van der Waals surface area contributed by atoms with Crippen LogP contribution in [0.1, 0.15) is 58.1 Å². The van der Waals surface area contributed by atoms with Gasteiger partial charge in [0.2, 0.25) is 0 Å². The Morgan fingerprint density at radius 3 is 2.35 bits per heavy atom. The lowest BCUT2D eigenvalue weighted by Gasteiger charge is -2.19. The average Bonchev–Trinajstić information content (AvgIpc) is 2.96. The highest BCUT2D eigenvalue weighted by atomic mass is 15.4. The Labute approximate surface area is 138 Å². The number of hydrogen-bond donors (Lipinski definition) is 0. The van der Waals surface area contributed by atoms with E-state index in [0.29, 0.717) is 5.92 Å². The maximum Gasteiger partial charge on any atom is 0.113 e. The molecule has 3 nitrogen and oxygen atoms in total. The molecular weight excluding hydrogens is 282 g/mol. The van der Waals surface area contributed by atoms with Gasteiger partial charge in [0.25, 0.3) is 0 Å². The summed E-state index contributed by atoms with van der Waals surface area (Å²) in [5, 5.41) is 8.71. The zero-order chi connectivity index (χ0) is 16.6.